The first-order valence-electron chi connectivity index (χ1n) is 7.94. The second-order valence-corrected chi connectivity index (χ2v) is 6.92. The van der Waals surface area contributed by atoms with E-state index in [2.05, 4.69) is 5.32 Å². The lowest BCUT2D eigenvalue weighted by atomic mass is 10.1. The van der Waals surface area contributed by atoms with Crippen molar-refractivity contribution in [1.29, 1.82) is 0 Å². The van der Waals surface area contributed by atoms with Crippen molar-refractivity contribution in [1.82, 2.24) is 4.90 Å². The standard InChI is InChI=1S/C19H20F2N2O2S/c1-12-5-4-6-16(13(12)2)22-17(24)11-23(3)18(25)14-7-9-15(10-8-14)26-19(20)21/h4-10,19H,11H2,1-3H3,(H,22,24). The normalized spacial score (nSPS) is 10.7. The van der Waals surface area contributed by atoms with Crippen LogP contribution in [0, 0.1) is 13.8 Å². The number of halogens is 2. The molecule has 1 N–H and O–H groups in total. The van der Waals surface area contributed by atoms with Gasteiger partial charge in [-0.3, -0.25) is 9.59 Å². The number of aryl methyl sites for hydroxylation is 1. The number of likely N-dealkylation sites (N-methyl/N-ethyl adjacent to an activating group) is 1. The maximum Gasteiger partial charge on any atom is 0.288 e. The third-order valence-corrected chi connectivity index (χ3v) is 4.66. The minimum Gasteiger partial charge on any atom is -0.332 e. The van der Waals surface area contributed by atoms with E-state index in [0.717, 1.165) is 11.1 Å². The predicted molar refractivity (Wildman–Crippen MR) is 99.8 cm³/mol. The van der Waals surface area contributed by atoms with Crippen molar-refractivity contribution in [2.24, 2.45) is 0 Å². The number of thioether (sulfide) groups is 1. The number of carbonyl (C=O) groups is 2. The fourth-order valence-electron chi connectivity index (χ4n) is 2.36. The number of hydrogen-bond acceptors (Lipinski definition) is 3. The molecule has 0 heterocycles. The van der Waals surface area contributed by atoms with Crippen LogP contribution in [0.1, 0.15) is 21.5 Å². The highest BCUT2D eigenvalue weighted by Crippen LogP contribution is 2.25. The average molecular weight is 378 g/mol. The SMILES string of the molecule is Cc1cccc(NC(=O)CN(C)C(=O)c2ccc(SC(F)F)cc2)c1C. The van der Waals surface area contributed by atoms with Crippen LogP contribution in [-0.4, -0.2) is 36.1 Å². The molecule has 26 heavy (non-hydrogen) atoms. The van der Waals surface area contributed by atoms with Gasteiger partial charge in [-0.1, -0.05) is 23.9 Å². The summed E-state index contributed by atoms with van der Waals surface area (Å²) in [6.07, 6.45) is 0. The van der Waals surface area contributed by atoms with E-state index in [1.807, 2.05) is 32.0 Å². The number of amides is 2. The van der Waals surface area contributed by atoms with E-state index in [1.54, 1.807) is 0 Å². The molecular formula is C19H20F2N2O2S. The van der Waals surface area contributed by atoms with Crippen LogP contribution in [0.25, 0.3) is 0 Å². The molecule has 0 atom stereocenters. The smallest absolute Gasteiger partial charge is 0.288 e. The van der Waals surface area contributed by atoms with E-state index in [1.165, 1.54) is 36.2 Å². The van der Waals surface area contributed by atoms with E-state index in [4.69, 9.17) is 0 Å². The molecular weight excluding hydrogens is 358 g/mol. The minimum absolute atomic E-state index is 0.111. The minimum atomic E-state index is -2.51. The Kier molecular flexibility index (Phi) is 6.74. The Morgan fingerprint density at radius 2 is 1.77 bits per heavy atom. The molecule has 2 aromatic rings. The van der Waals surface area contributed by atoms with E-state index in [-0.39, 0.29) is 18.4 Å². The van der Waals surface area contributed by atoms with Crippen molar-refractivity contribution >= 4 is 29.3 Å². The Hall–Kier alpha value is -2.41. The van der Waals surface area contributed by atoms with Gasteiger partial charge in [-0.15, -0.1) is 0 Å². The quantitative estimate of drug-likeness (QED) is 0.761. The van der Waals surface area contributed by atoms with Crippen molar-refractivity contribution < 1.29 is 18.4 Å². The summed E-state index contributed by atoms with van der Waals surface area (Å²) in [7, 11) is 1.52. The Labute approximate surface area is 155 Å². The van der Waals surface area contributed by atoms with Crippen LogP contribution in [0.15, 0.2) is 47.4 Å². The average Bonchev–Trinajstić information content (AvgIpc) is 2.58. The van der Waals surface area contributed by atoms with Gasteiger partial charge in [0.15, 0.2) is 0 Å². The maximum atomic E-state index is 12.4. The van der Waals surface area contributed by atoms with Gasteiger partial charge in [-0.2, -0.15) is 8.78 Å². The number of alkyl halides is 2. The summed E-state index contributed by atoms with van der Waals surface area (Å²) in [6.45, 7) is 3.76. The molecule has 0 bridgehead atoms. The second-order valence-electron chi connectivity index (χ2n) is 5.86. The number of rotatable bonds is 6. The summed E-state index contributed by atoms with van der Waals surface area (Å²) in [4.78, 5) is 26.3. The third kappa shape index (κ3) is 5.29. The van der Waals surface area contributed by atoms with Gasteiger partial charge in [0.05, 0.1) is 6.54 Å². The van der Waals surface area contributed by atoms with Crippen LogP contribution in [-0.2, 0) is 4.79 Å². The monoisotopic (exact) mass is 378 g/mol. The first-order valence-corrected chi connectivity index (χ1v) is 8.82. The van der Waals surface area contributed by atoms with Crippen molar-refractivity contribution in [3.63, 3.8) is 0 Å². The van der Waals surface area contributed by atoms with E-state index in [0.29, 0.717) is 27.9 Å². The molecule has 0 saturated carbocycles. The Bertz CT molecular complexity index is 795. The molecule has 0 spiro atoms. The summed E-state index contributed by atoms with van der Waals surface area (Å²) in [6, 6.07) is 11.5. The van der Waals surface area contributed by atoms with Crippen LogP contribution in [0.4, 0.5) is 14.5 Å². The Balaban J connectivity index is 1.97. The number of anilines is 1. The van der Waals surface area contributed by atoms with Crippen molar-refractivity contribution in [2.75, 3.05) is 18.9 Å². The van der Waals surface area contributed by atoms with Crippen molar-refractivity contribution in [2.45, 2.75) is 24.5 Å². The van der Waals surface area contributed by atoms with Crippen molar-refractivity contribution in [3.05, 3.63) is 59.2 Å². The molecule has 0 aliphatic heterocycles. The molecule has 0 fully saturated rings. The van der Waals surface area contributed by atoms with Crippen LogP contribution < -0.4 is 5.32 Å². The molecule has 4 nitrogen and oxygen atoms in total. The number of carbonyl (C=O) groups excluding carboxylic acids is 2. The number of nitrogens with zero attached hydrogens (tertiary/aromatic N) is 1. The summed E-state index contributed by atoms with van der Waals surface area (Å²) in [5.74, 6) is -3.16. The number of nitrogens with one attached hydrogen (secondary N) is 1. The van der Waals surface area contributed by atoms with E-state index in [9.17, 15) is 18.4 Å². The van der Waals surface area contributed by atoms with Gasteiger partial charge in [0.2, 0.25) is 5.91 Å². The second kappa shape index (κ2) is 8.80. The van der Waals surface area contributed by atoms with Crippen molar-refractivity contribution in [3.8, 4) is 0 Å². The number of benzene rings is 2. The van der Waals surface area contributed by atoms with Crippen LogP contribution >= 0.6 is 11.8 Å². The summed E-state index contributed by atoms with van der Waals surface area (Å²) in [5, 5.41) is 2.80. The van der Waals surface area contributed by atoms with Gasteiger partial charge in [0, 0.05) is 23.2 Å². The summed E-state index contributed by atoms with van der Waals surface area (Å²) >= 11 is 0.419. The fourth-order valence-corrected chi connectivity index (χ4v) is 2.86. The molecule has 0 saturated heterocycles. The fraction of sp³-hybridized carbons (Fsp3) is 0.263. The first-order chi connectivity index (χ1) is 12.3. The highest BCUT2D eigenvalue weighted by Gasteiger charge is 2.16. The summed E-state index contributed by atoms with van der Waals surface area (Å²) < 4.78 is 24.7. The number of hydrogen-bond donors (Lipinski definition) is 1. The van der Waals surface area contributed by atoms with Gasteiger partial charge in [-0.05, 0) is 55.3 Å². The molecule has 0 aromatic heterocycles. The van der Waals surface area contributed by atoms with Crippen LogP contribution in [0.2, 0.25) is 0 Å². The molecule has 138 valence electrons. The van der Waals surface area contributed by atoms with Crippen LogP contribution in [0.5, 0.6) is 0 Å². The lowest BCUT2D eigenvalue weighted by Gasteiger charge is -2.18. The lowest BCUT2D eigenvalue weighted by Crippen LogP contribution is -2.35. The summed E-state index contributed by atoms with van der Waals surface area (Å²) in [5.41, 5.74) is 3.09. The highest BCUT2D eigenvalue weighted by molar-refractivity contribution is 7.99. The zero-order chi connectivity index (χ0) is 19.3. The highest BCUT2D eigenvalue weighted by atomic mass is 32.2. The Morgan fingerprint density at radius 3 is 2.38 bits per heavy atom. The molecule has 0 radical (unpaired) electrons. The predicted octanol–water partition coefficient (Wildman–Crippen LogP) is 4.33. The largest absolute Gasteiger partial charge is 0.332 e. The molecule has 0 aliphatic rings. The topological polar surface area (TPSA) is 49.4 Å². The van der Waals surface area contributed by atoms with Gasteiger partial charge in [0.25, 0.3) is 11.7 Å². The zero-order valence-corrected chi connectivity index (χ0v) is 15.6. The van der Waals surface area contributed by atoms with Gasteiger partial charge in [-0.25, -0.2) is 0 Å². The van der Waals surface area contributed by atoms with Gasteiger partial charge >= 0.3 is 0 Å². The van der Waals surface area contributed by atoms with E-state index >= 15 is 0 Å². The molecule has 0 aliphatic carbocycles. The Morgan fingerprint density at radius 1 is 1.12 bits per heavy atom. The zero-order valence-electron chi connectivity index (χ0n) is 14.8. The molecule has 2 amide bonds. The van der Waals surface area contributed by atoms with Gasteiger partial charge in [0.1, 0.15) is 0 Å². The molecule has 2 rings (SSSR count). The molecule has 7 heteroatoms. The van der Waals surface area contributed by atoms with Gasteiger partial charge < -0.3 is 10.2 Å². The lowest BCUT2D eigenvalue weighted by molar-refractivity contribution is -0.116. The molecule has 0 unspecified atom stereocenters. The maximum absolute atomic E-state index is 12.4. The first kappa shape index (κ1) is 19.9. The van der Waals surface area contributed by atoms with E-state index < -0.39 is 5.76 Å². The molecule has 2 aromatic carbocycles. The third-order valence-electron chi connectivity index (χ3n) is 3.93. The van der Waals surface area contributed by atoms with Crippen LogP contribution in [0.3, 0.4) is 0 Å².